The standard InChI is InChI=1S/C10H19N3O5/c1-7(9(15)16)13(2)6-8(14)12-10(17)11-4-5-18-3/h7H,4-6H2,1-3H3,(H,15,16)(H2,11,12,14,17). The third-order valence-electron chi connectivity index (χ3n) is 2.26. The summed E-state index contributed by atoms with van der Waals surface area (Å²) in [6.45, 7) is 1.91. The molecule has 0 aromatic carbocycles. The van der Waals surface area contributed by atoms with Crippen molar-refractivity contribution in [3.05, 3.63) is 0 Å². The molecule has 0 aromatic rings. The van der Waals surface area contributed by atoms with E-state index in [2.05, 4.69) is 10.6 Å². The summed E-state index contributed by atoms with van der Waals surface area (Å²) < 4.78 is 4.72. The number of rotatable bonds is 7. The Bertz CT molecular complexity index is 308. The summed E-state index contributed by atoms with van der Waals surface area (Å²) in [5, 5.41) is 13.2. The summed E-state index contributed by atoms with van der Waals surface area (Å²) >= 11 is 0. The van der Waals surface area contributed by atoms with Gasteiger partial charge in [0.1, 0.15) is 6.04 Å². The summed E-state index contributed by atoms with van der Waals surface area (Å²) in [5.41, 5.74) is 0. The molecule has 0 saturated heterocycles. The SMILES string of the molecule is COCCNC(=O)NC(=O)CN(C)C(C)C(=O)O. The Morgan fingerprint density at radius 1 is 1.39 bits per heavy atom. The molecule has 0 aliphatic rings. The second kappa shape index (κ2) is 8.43. The van der Waals surface area contributed by atoms with E-state index in [1.165, 1.54) is 26.0 Å². The fourth-order valence-corrected chi connectivity index (χ4v) is 1.03. The minimum absolute atomic E-state index is 0.175. The van der Waals surface area contributed by atoms with Crippen LogP contribution in [0.2, 0.25) is 0 Å². The zero-order valence-electron chi connectivity index (χ0n) is 10.7. The summed E-state index contributed by atoms with van der Waals surface area (Å²) in [6, 6.07) is -1.43. The largest absolute Gasteiger partial charge is 0.480 e. The van der Waals surface area contributed by atoms with Crippen LogP contribution in [0.25, 0.3) is 0 Å². The highest BCUT2D eigenvalue weighted by Gasteiger charge is 2.19. The van der Waals surface area contributed by atoms with E-state index in [0.29, 0.717) is 6.61 Å². The summed E-state index contributed by atoms with van der Waals surface area (Å²) in [5.74, 6) is -1.60. The van der Waals surface area contributed by atoms with Gasteiger partial charge in [-0.15, -0.1) is 0 Å². The lowest BCUT2D eigenvalue weighted by Gasteiger charge is -2.20. The number of carbonyl (C=O) groups excluding carboxylic acids is 2. The summed E-state index contributed by atoms with van der Waals surface area (Å²) in [6.07, 6.45) is 0. The second-order valence-electron chi connectivity index (χ2n) is 3.73. The molecule has 1 atom stereocenters. The first kappa shape index (κ1) is 16.3. The van der Waals surface area contributed by atoms with Gasteiger partial charge < -0.3 is 15.2 Å². The molecule has 8 heteroatoms. The van der Waals surface area contributed by atoms with E-state index >= 15 is 0 Å². The average molecular weight is 261 g/mol. The highest BCUT2D eigenvalue weighted by atomic mass is 16.5. The van der Waals surface area contributed by atoms with Gasteiger partial charge in [0.15, 0.2) is 0 Å². The van der Waals surface area contributed by atoms with Crippen LogP contribution < -0.4 is 10.6 Å². The second-order valence-corrected chi connectivity index (χ2v) is 3.73. The van der Waals surface area contributed by atoms with Crippen LogP contribution in [0.1, 0.15) is 6.92 Å². The number of carboxylic acid groups (broad SMARTS) is 1. The molecule has 0 aromatic heterocycles. The van der Waals surface area contributed by atoms with Crippen molar-refractivity contribution in [3.8, 4) is 0 Å². The molecule has 3 amide bonds. The van der Waals surface area contributed by atoms with Gasteiger partial charge in [-0.3, -0.25) is 19.8 Å². The van der Waals surface area contributed by atoms with E-state index in [1.54, 1.807) is 0 Å². The molecule has 0 saturated carbocycles. The summed E-state index contributed by atoms with van der Waals surface area (Å²) in [4.78, 5) is 34.5. The molecule has 18 heavy (non-hydrogen) atoms. The number of urea groups is 1. The Hall–Kier alpha value is -1.67. The average Bonchev–Trinajstić information content (AvgIpc) is 2.27. The number of carboxylic acids is 1. The van der Waals surface area contributed by atoms with Gasteiger partial charge in [-0.2, -0.15) is 0 Å². The van der Waals surface area contributed by atoms with Gasteiger partial charge in [-0.1, -0.05) is 0 Å². The smallest absolute Gasteiger partial charge is 0.321 e. The molecule has 0 rings (SSSR count). The fraction of sp³-hybridized carbons (Fsp3) is 0.700. The maximum atomic E-state index is 11.4. The number of carbonyl (C=O) groups is 3. The van der Waals surface area contributed by atoms with Gasteiger partial charge >= 0.3 is 12.0 Å². The van der Waals surface area contributed by atoms with Gasteiger partial charge in [0.25, 0.3) is 0 Å². The number of hydrogen-bond acceptors (Lipinski definition) is 5. The number of nitrogens with zero attached hydrogens (tertiary/aromatic N) is 1. The van der Waals surface area contributed by atoms with Crippen LogP contribution in [0.4, 0.5) is 4.79 Å². The quantitative estimate of drug-likeness (QED) is 0.500. The summed E-state index contributed by atoms with van der Waals surface area (Å²) in [7, 11) is 2.98. The maximum absolute atomic E-state index is 11.4. The fourth-order valence-electron chi connectivity index (χ4n) is 1.03. The zero-order chi connectivity index (χ0) is 14.1. The molecule has 0 aliphatic carbocycles. The van der Waals surface area contributed by atoms with Crippen molar-refractivity contribution in [2.75, 3.05) is 33.9 Å². The van der Waals surface area contributed by atoms with Gasteiger partial charge in [0.2, 0.25) is 5.91 Å². The molecule has 0 bridgehead atoms. The van der Waals surface area contributed by atoms with E-state index < -0.39 is 23.9 Å². The zero-order valence-corrected chi connectivity index (χ0v) is 10.7. The number of ether oxygens (including phenoxy) is 1. The minimum atomic E-state index is -1.03. The molecule has 0 radical (unpaired) electrons. The lowest BCUT2D eigenvalue weighted by Crippen LogP contribution is -2.47. The monoisotopic (exact) mass is 261 g/mol. The van der Waals surface area contributed by atoms with Gasteiger partial charge in [0.05, 0.1) is 13.2 Å². The van der Waals surface area contributed by atoms with Crippen molar-refractivity contribution >= 4 is 17.9 Å². The van der Waals surface area contributed by atoms with Crippen LogP contribution in [0.15, 0.2) is 0 Å². The Kier molecular flexibility index (Phi) is 7.64. The predicted molar refractivity (Wildman–Crippen MR) is 63.1 cm³/mol. The Morgan fingerprint density at radius 2 is 2.00 bits per heavy atom. The van der Waals surface area contributed by atoms with Crippen molar-refractivity contribution in [2.45, 2.75) is 13.0 Å². The first-order valence-corrected chi connectivity index (χ1v) is 5.38. The van der Waals surface area contributed by atoms with Crippen LogP contribution >= 0.6 is 0 Å². The number of imide groups is 1. The number of hydrogen-bond donors (Lipinski definition) is 3. The first-order valence-electron chi connectivity index (χ1n) is 5.38. The van der Waals surface area contributed by atoms with Crippen LogP contribution in [-0.4, -0.2) is 67.8 Å². The Labute approximate surface area is 105 Å². The highest BCUT2D eigenvalue weighted by molar-refractivity contribution is 5.95. The van der Waals surface area contributed by atoms with Gasteiger partial charge in [-0.05, 0) is 14.0 Å². The molecular weight excluding hydrogens is 242 g/mol. The number of nitrogens with one attached hydrogen (secondary N) is 2. The van der Waals surface area contributed by atoms with Crippen molar-refractivity contribution in [3.63, 3.8) is 0 Å². The van der Waals surface area contributed by atoms with E-state index in [4.69, 9.17) is 9.84 Å². The first-order chi connectivity index (χ1) is 8.38. The molecule has 8 nitrogen and oxygen atoms in total. The molecule has 0 fully saturated rings. The van der Waals surface area contributed by atoms with Gasteiger partial charge in [0, 0.05) is 13.7 Å². The van der Waals surface area contributed by atoms with E-state index in [9.17, 15) is 14.4 Å². The minimum Gasteiger partial charge on any atom is -0.480 e. The maximum Gasteiger partial charge on any atom is 0.321 e. The lowest BCUT2D eigenvalue weighted by molar-refractivity contribution is -0.142. The molecule has 104 valence electrons. The number of likely N-dealkylation sites (N-methyl/N-ethyl adjacent to an activating group) is 1. The van der Waals surface area contributed by atoms with E-state index in [1.807, 2.05) is 0 Å². The van der Waals surface area contributed by atoms with Crippen LogP contribution in [0, 0.1) is 0 Å². The third kappa shape index (κ3) is 6.81. The van der Waals surface area contributed by atoms with Crippen LogP contribution in [0.5, 0.6) is 0 Å². The van der Waals surface area contributed by atoms with Crippen LogP contribution in [-0.2, 0) is 14.3 Å². The molecule has 0 heterocycles. The third-order valence-corrected chi connectivity index (χ3v) is 2.26. The molecule has 0 aliphatic heterocycles. The van der Waals surface area contributed by atoms with Crippen molar-refractivity contribution < 1.29 is 24.2 Å². The van der Waals surface area contributed by atoms with E-state index in [-0.39, 0.29) is 13.1 Å². The number of methoxy groups -OCH3 is 1. The highest BCUT2D eigenvalue weighted by Crippen LogP contribution is 1.94. The Morgan fingerprint density at radius 3 is 2.50 bits per heavy atom. The topological polar surface area (TPSA) is 108 Å². The van der Waals surface area contributed by atoms with Gasteiger partial charge in [-0.25, -0.2) is 4.79 Å². The molecular formula is C10H19N3O5. The number of aliphatic carboxylic acids is 1. The van der Waals surface area contributed by atoms with Crippen molar-refractivity contribution in [2.24, 2.45) is 0 Å². The molecule has 0 spiro atoms. The molecule has 3 N–H and O–H groups in total. The van der Waals surface area contributed by atoms with Crippen molar-refractivity contribution in [1.82, 2.24) is 15.5 Å². The lowest BCUT2D eigenvalue weighted by atomic mass is 10.3. The van der Waals surface area contributed by atoms with E-state index in [0.717, 1.165) is 0 Å². The van der Waals surface area contributed by atoms with Crippen molar-refractivity contribution in [1.29, 1.82) is 0 Å². The van der Waals surface area contributed by atoms with Crippen LogP contribution in [0.3, 0.4) is 0 Å². The Balaban J connectivity index is 3.96. The molecule has 1 unspecified atom stereocenters. The number of amides is 3. The normalized spacial score (nSPS) is 12.0. The predicted octanol–water partition coefficient (Wildman–Crippen LogP) is -1.14.